The summed E-state index contributed by atoms with van der Waals surface area (Å²) in [5, 5.41) is 0. The van der Waals surface area contributed by atoms with Gasteiger partial charge in [-0.3, -0.25) is 9.59 Å². The second-order valence-corrected chi connectivity index (χ2v) is 6.10. The molecule has 0 aliphatic carbocycles. The minimum atomic E-state index is 0.0453. The van der Waals surface area contributed by atoms with Crippen molar-refractivity contribution in [1.29, 1.82) is 0 Å². The predicted molar refractivity (Wildman–Crippen MR) is 85.6 cm³/mol. The Morgan fingerprint density at radius 1 is 0.909 bits per heavy atom. The first-order chi connectivity index (χ1) is 10.6. The molecular weight excluding hydrogens is 276 g/mol. The number of hydrogen-bond acceptors (Lipinski definition) is 2. The van der Waals surface area contributed by atoms with E-state index < -0.39 is 0 Å². The quantitative estimate of drug-likeness (QED) is 0.841. The molecule has 0 radical (unpaired) electrons. The maximum Gasteiger partial charge on any atom is 0.254 e. The molecule has 3 rings (SSSR count). The van der Waals surface area contributed by atoms with E-state index in [1.807, 2.05) is 47.1 Å². The van der Waals surface area contributed by atoms with Crippen LogP contribution in [-0.2, 0) is 4.79 Å². The smallest absolute Gasteiger partial charge is 0.254 e. The van der Waals surface area contributed by atoms with Crippen LogP contribution >= 0.6 is 0 Å². The minimum Gasteiger partial charge on any atom is -0.339 e. The van der Waals surface area contributed by atoms with E-state index in [4.69, 9.17) is 0 Å². The summed E-state index contributed by atoms with van der Waals surface area (Å²) >= 11 is 0. The van der Waals surface area contributed by atoms with Gasteiger partial charge in [0.15, 0.2) is 0 Å². The lowest BCUT2D eigenvalue weighted by Crippen LogP contribution is -2.38. The first-order valence-electron chi connectivity index (χ1n) is 7.99. The van der Waals surface area contributed by atoms with Crippen molar-refractivity contribution in [1.82, 2.24) is 9.80 Å². The highest BCUT2D eigenvalue weighted by Gasteiger charge is 2.25. The fourth-order valence-electron chi connectivity index (χ4n) is 3.05. The number of hydrogen-bond donors (Lipinski definition) is 0. The van der Waals surface area contributed by atoms with Crippen LogP contribution in [-0.4, -0.2) is 47.8 Å². The lowest BCUT2D eigenvalue weighted by Gasteiger charge is -2.28. The van der Waals surface area contributed by atoms with Crippen molar-refractivity contribution in [2.24, 2.45) is 0 Å². The van der Waals surface area contributed by atoms with Crippen molar-refractivity contribution in [3.8, 4) is 0 Å². The third-order valence-corrected chi connectivity index (χ3v) is 4.46. The van der Waals surface area contributed by atoms with Crippen LogP contribution in [0.3, 0.4) is 0 Å². The third-order valence-electron chi connectivity index (χ3n) is 4.46. The van der Waals surface area contributed by atoms with Crippen LogP contribution in [0.1, 0.15) is 35.2 Å². The van der Waals surface area contributed by atoms with Crippen LogP contribution < -0.4 is 0 Å². The lowest BCUT2D eigenvalue weighted by molar-refractivity contribution is -0.126. The van der Waals surface area contributed by atoms with E-state index >= 15 is 0 Å². The molecule has 1 fully saturated rings. The summed E-state index contributed by atoms with van der Waals surface area (Å²) in [5.74, 6) is 0.212. The molecule has 0 N–H and O–H groups in total. The SMILES string of the molecule is Cc1ccc(C(=O)N2CC=C(C(=O)N3CCCC3)CC2)cc1. The van der Waals surface area contributed by atoms with Gasteiger partial charge in [0.05, 0.1) is 0 Å². The van der Waals surface area contributed by atoms with Crippen LogP contribution in [0.25, 0.3) is 0 Å². The van der Waals surface area contributed by atoms with Gasteiger partial charge in [0.2, 0.25) is 5.91 Å². The Morgan fingerprint density at radius 3 is 2.18 bits per heavy atom. The van der Waals surface area contributed by atoms with Gasteiger partial charge in [0.25, 0.3) is 5.91 Å². The molecule has 1 saturated heterocycles. The molecule has 22 heavy (non-hydrogen) atoms. The molecule has 0 aromatic heterocycles. The standard InChI is InChI=1S/C18H22N2O2/c1-14-4-6-15(7-5-14)17(21)20-12-8-16(9-13-20)18(22)19-10-2-3-11-19/h4-8H,2-3,9-13H2,1H3. The zero-order valence-corrected chi connectivity index (χ0v) is 13.0. The normalized spacial score (nSPS) is 18.3. The molecule has 0 saturated carbocycles. The van der Waals surface area contributed by atoms with E-state index in [1.54, 1.807) is 0 Å². The fraction of sp³-hybridized carbons (Fsp3) is 0.444. The summed E-state index contributed by atoms with van der Waals surface area (Å²) in [6, 6.07) is 7.64. The summed E-state index contributed by atoms with van der Waals surface area (Å²) in [6.07, 6.45) is 4.80. The molecule has 2 aliphatic rings. The number of nitrogens with zero attached hydrogens (tertiary/aromatic N) is 2. The topological polar surface area (TPSA) is 40.6 Å². The molecule has 0 atom stereocenters. The first-order valence-corrected chi connectivity index (χ1v) is 7.99. The van der Waals surface area contributed by atoms with Gasteiger partial charge in [-0.15, -0.1) is 0 Å². The van der Waals surface area contributed by atoms with E-state index in [1.165, 1.54) is 0 Å². The second kappa shape index (κ2) is 6.34. The number of likely N-dealkylation sites (tertiary alicyclic amines) is 1. The predicted octanol–water partition coefficient (Wildman–Crippen LogP) is 2.39. The number of benzene rings is 1. The fourth-order valence-corrected chi connectivity index (χ4v) is 3.05. The van der Waals surface area contributed by atoms with Crippen molar-refractivity contribution in [3.05, 3.63) is 47.0 Å². The van der Waals surface area contributed by atoms with Crippen molar-refractivity contribution in [2.45, 2.75) is 26.2 Å². The Balaban J connectivity index is 1.63. The number of aryl methyl sites for hydroxylation is 1. The van der Waals surface area contributed by atoms with Crippen LogP contribution in [0, 0.1) is 6.92 Å². The molecule has 4 nitrogen and oxygen atoms in total. The van der Waals surface area contributed by atoms with Gasteiger partial charge in [-0.05, 0) is 38.3 Å². The Kier molecular flexibility index (Phi) is 4.27. The molecule has 2 heterocycles. The molecule has 2 amide bonds. The molecular formula is C18H22N2O2. The maximum absolute atomic E-state index is 12.4. The summed E-state index contributed by atoms with van der Waals surface area (Å²) in [5.41, 5.74) is 2.73. The highest BCUT2D eigenvalue weighted by molar-refractivity contribution is 5.96. The lowest BCUT2D eigenvalue weighted by atomic mass is 10.1. The van der Waals surface area contributed by atoms with Crippen LogP contribution in [0.15, 0.2) is 35.9 Å². The van der Waals surface area contributed by atoms with Crippen molar-refractivity contribution in [2.75, 3.05) is 26.2 Å². The van der Waals surface area contributed by atoms with E-state index in [-0.39, 0.29) is 11.8 Å². The highest BCUT2D eigenvalue weighted by atomic mass is 16.2. The summed E-state index contributed by atoms with van der Waals surface area (Å²) < 4.78 is 0. The number of rotatable bonds is 2. The molecule has 1 aromatic rings. The molecule has 0 unspecified atom stereocenters. The average molecular weight is 298 g/mol. The summed E-state index contributed by atoms with van der Waals surface area (Å²) in [6.45, 7) is 4.91. The van der Waals surface area contributed by atoms with Gasteiger partial charge in [0, 0.05) is 37.3 Å². The van der Waals surface area contributed by atoms with Crippen LogP contribution in [0.4, 0.5) is 0 Å². The van der Waals surface area contributed by atoms with Crippen molar-refractivity contribution >= 4 is 11.8 Å². The number of amides is 2. The van der Waals surface area contributed by atoms with Gasteiger partial charge in [-0.25, -0.2) is 0 Å². The van der Waals surface area contributed by atoms with Crippen LogP contribution in [0.5, 0.6) is 0 Å². The summed E-state index contributed by atoms with van der Waals surface area (Å²) in [7, 11) is 0. The monoisotopic (exact) mass is 298 g/mol. The minimum absolute atomic E-state index is 0.0453. The van der Waals surface area contributed by atoms with Gasteiger partial charge < -0.3 is 9.80 Å². The molecule has 2 aliphatic heterocycles. The summed E-state index contributed by atoms with van der Waals surface area (Å²) in [4.78, 5) is 28.5. The first kappa shape index (κ1) is 14.8. The Morgan fingerprint density at radius 2 is 1.59 bits per heavy atom. The zero-order chi connectivity index (χ0) is 15.5. The molecule has 116 valence electrons. The number of carbonyl (C=O) groups excluding carboxylic acids is 2. The molecule has 4 heteroatoms. The molecule has 0 spiro atoms. The second-order valence-electron chi connectivity index (χ2n) is 6.10. The molecule has 0 bridgehead atoms. The Bertz CT molecular complexity index is 598. The maximum atomic E-state index is 12.4. The van der Waals surface area contributed by atoms with Crippen molar-refractivity contribution < 1.29 is 9.59 Å². The van der Waals surface area contributed by atoms with E-state index in [2.05, 4.69) is 0 Å². The van der Waals surface area contributed by atoms with Crippen LogP contribution in [0.2, 0.25) is 0 Å². The molecule has 1 aromatic carbocycles. The highest BCUT2D eigenvalue weighted by Crippen LogP contribution is 2.19. The Hall–Kier alpha value is -2.10. The van der Waals surface area contributed by atoms with Gasteiger partial charge in [-0.1, -0.05) is 23.8 Å². The van der Waals surface area contributed by atoms with Gasteiger partial charge in [0.1, 0.15) is 0 Å². The average Bonchev–Trinajstić information content (AvgIpc) is 3.09. The zero-order valence-electron chi connectivity index (χ0n) is 13.0. The van der Waals surface area contributed by atoms with E-state index in [0.717, 1.165) is 37.1 Å². The Labute approximate surface area is 131 Å². The largest absolute Gasteiger partial charge is 0.339 e. The van der Waals surface area contributed by atoms with Gasteiger partial charge >= 0.3 is 0 Å². The van der Waals surface area contributed by atoms with Gasteiger partial charge in [-0.2, -0.15) is 0 Å². The van der Waals surface area contributed by atoms with Crippen molar-refractivity contribution in [3.63, 3.8) is 0 Å². The number of carbonyl (C=O) groups is 2. The van der Waals surface area contributed by atoms with E-state index in [9.17, 15) is 9.59 Å². The third kappa shape index (κ3) is 3.06. The van der Waals surface area contributed by atoms with E-state index in [0.29, 0.717) is 25.1 Å².